The Hall–Kier alpha value is -2.05. The summed E-state index contributed by atoms with van der Waals surface area (Å²) < 4.78 is 5.33. The molecule has 7 nitrogen and oxygen atoms in total. The van der Waals surface area contributed by atoms with Gasteiger partial charge in [-0.2, -0.15) is 0 Å². The van der Waals surface area contributed by atoms with Crippen LogP contribution in [-0.2, 0) is 11.3 Å². The van der Waals surface area contributed by atoms with E-state index in [9.17, 15) is 4.79 Å². The van der Waals surface area contributed by atoms with Crippen LogP contribution in [-0.4, -0.2) is 21.9 Å². The van der Waals surface area contributed by atoms with E-state index in [1.54, 1.807) is 20.8 Å². The number of carbonyl (C=O) groups excluding carboxylic acids is 1. The molecule has 0 atom stereocenters. The molecular weight excluding hydrogens is 236 g/mol. The van der Waals surface area contributed by atoms with Crippen LogP contribution in [0.1, 0.15) is 31.2 Å². The summed E-state index contributed by atoms with van der Waals surface area (Å²) in [6.45, 7) is 6.90. The molecule has 0 radical (unpaired) electrons. The van der Waals surface area contributed by atoms with Crippen molar-refractivity contribution < 1.29 is 14.4 Å². The normalized spacial score (nSPS) is 12.6. The number of oxime groups is 1. The molecule has 1 heterocycles. The number of nitrogens with two attached hydrogens (primary N) is 1. The van der Waals surface area contributed by atoms with Gasteiger partial charge < -0.3 is 20.7 Å². The van der Waals surface area contributed by atoms with Gasteiger partial charge in [0.25, 0.3) is 0 Å². The molecule has 0 aliphatic rings. The maximum Gasteiger partial charge on any atom is 0.233 e. The average molecular weight is 254 g/mol. The summed E-state index contributed by atoms with van der Waals surface area (Å²) >= 11 is 0. The molecule has 1 amide bonds. The molecule has 0 fully saturated rings. The SMILES string of the molecule is Cc1nc(CNC(=O)C(C)(C)C(N)=NO)oc1C. The standard InChI is InChI=1S/C11H18N4O3/c1-6-7(2)18-8(14-6)5-13-10(16)11(3,4)9(12)15-17/h17H,5H2,1-4H3,(H2,12,15)(H,13,16). The lowest BCUT2D eigenvalue weighted by Crippen LogP contribution is -2.45. The Morgan fingerprint density at radius 2 is 2.17 bits per heavy atom. The van der Waals surface area contributed by atoms with Crippen molar-refractivity contribution in [1.29, 1.82) is 0 Å². The summed E-state index contributed by atoms with van der Waals surface area (Å²) in [5.74, 6) is 0.620. The van der Waals surface area contributed by atoms with Crippen molar-refractivity contribution in [1.82, 2.24) is 10.3 Å². The van der Waals surface area contributed by atoms with Crippen molar-refractivity contribution in [2.75, 3.05) is 0 Å². The van der Waals surface area contributed by atoms with Crippen molar-refractivity contribution in [2.45, 2.75) is 34.2 Å². The molecule has 0 spiro atoms. The molecule has 0 saturated heterocycles. The zero-order chi connectivity index (χ0) is 13.9. The van der Waals surface area contributed by atoms with Crippen molar-refractivity contribution in [3.05, 3.63) is 17.3 Å². The Kier molecular flexibility index (Phi) is 3.95. The van der Waals surface area contributed by atoms with E-state index in [4.69, 9.17) is 15.4 Å². The van der Waals surface area contributed by atoms with Crippen molar-refractivity contribution in [2.24, 2.45) is 16.3 Å². The lowest BCUT2D eigenvalue weighted by atomic mass is 9.91. The highest BCUT2D eigenvalue weighted by Gasteiger charge is 2.32. The van der Waals surface area contributed by atoms with Crippen LogP contribution in [0.5, 0.6) is 0 Å². The van der Waals surface area contributed by atoms with E-state index in [1.807, 2.05) is 6.92 Å². The number of nitrogens with one attached hydrogen (secondary N) is 1. The Balaban J connectivity index is 2.67. The number of oxazole rings is 1. The molecule has 0 saturated carbocycles. The third-order valence-electron chi connectivity index (χ3n) is 2.79. The molecule has 0 aromatic carbocycles. The largest absolute Gasteiger partial charge is 0.444 e. The molecule has 18 heavy (non-hydrogen) atoms. The predicted molar refractivity (Wildman–Crippen MR) is 65.0 cm³/mol. The zero-order valence-corrected chi connectivity index (χ0v) is 10.9. The lowest BCUT2D eigenvalue weighted by Gasteiger charge is -2.21. The number of carbonyl (C=O) groups is 1. The van der Waals surface area contributed by atoms with Gasteiger partial charge in [-0.15, -0.1) is 0 Å². The Bertz CT molecular complexity index is 457. The fourth-order valence-corrected chi connectivity index (χ4v) is 1.23. The Morgan fingerprint density at radius 3 is 2.61 bits per heavy atom. The maximum atomic E-state index is 11.9. The van der Waals surface area contributed by atoms with E-state index < -0.39 is 5.41 Å². The summed E-state index contributed by atoms with van der Waals surface area (Å²) in [7, 11) is 0. The number of hydrogen-bond donors (Lipinski definition) is 3. The number of amides is 1. The van der Waals surface area contributed by atoms with Crippen LogP contribution in [0.25, 0.3) is 0 Å². The first-order valence-electron chi connectivity index (χ1n) is 5.48. The third-order valence-corrected chi connectivity index (χ3v) is 2.79. The van der Waals surface area contributed by atoms with Crippen molar-refractivity contribution in [3.63, 3.8) is 0 Å². The highest BCUT2D eigenvalue weighted by atomic mass is 16.4. The zero-order valence-electron chi connectivity index (χ0n) is 10.9. The van der Waals surface area contributed by atoms with Crippen LogP contribution in [0.15, 0.2) is 9.57 Å². The summed E-state index contributed by atoms with van der Waals surface area (Å²) in [6, 6.07) is 0. The van der Waals surface area contributed by atoms with Gasteiger partial charge in [0, 0.05) is 0 Å². The van der Waals surface area contributed by atoms with E-state index in [1.165, 1.54) is 0 Å². The van der Waals surface area contributed by atoms with E-state index >= 15 is 0 Å². The van der Waals surface area contributed by atoms with Crippen LogP contribution in [0.3, 0.4) is 0 Å². The maximum absolute atomic E-state index is 11.9. The monoisotopic (exact) mass is 254 g/mol. The second kappa shape index (κ2) is 5.07. The Labute approximate surface area is 105 Å². The van der Waals surface area contributed by atoms with Crippen LogP contribution in [0.4, 0.5) is 0 Å². The Morgan fingerprint density at radius 1 is 1.56 bits per heavy atom. The van der Waals surface area contributed by atoms with Gasteiger partial charge in [0.2, 0.25) is 11.8 Å². The molecule has 4 N–H and O–H groups in total. The van der Waals surface area contributed by atoms with E-state index in [-0.39, 0.29) is 18.3 Å². The van der Waals surface area contributed by atoms with Gasteiger partial charge in [0.05, 0.1) is 12.2 Å². The molecular formula is C11H18N4O3. The van der Waals surface area contributed by atoms with E-state index in [0.29, 0.717) is 5.89 Å². The molecule has 1 rings (SSSR count). The quantitative estimate of drug-likeness (QED) is 0.316. The minimum absolute atomic E-state index is 0.153. The van der Waals surface area contributed by atoms with Crippen LogP contribution < -0.4 is 11.1 Å². The smallest absolute Gasteiger partial charge is 0.233 e. The third kappa shape index (κ3) is 2.79. The van der Waals surface area contributed by atoms with Gasteiger partial charge >= 0.3 is 0 Å². The van der Waals surface area contributed by atoms with Crippen LogP contribution in [0.2, 0.25) is 0 Å². The molecule has 0 unspecified atom stereocenters. The molecule has 0 aliphatic heterocycles. The minimum atomic E-state index is -1.09. The van der Waals surface area contributed by atoms with Crippen LogP contribution >= 0.6 is 0 Å². The molecule has 1 aromatic rings. The van der Waals surface area contributed by atoms with Gasteiger partial charge in [0.1, 0.15) is 11.2 Å². The second-order valence-corrected chi connectivity index (χ2v) is 4.54. The number of aryl methyl sites for hydroxylation is 2. The fourth-order valence-electron chi connectivity index (χ4n) is 1.23. The highest BCUT2D eigenvalue weighted by Crippen LogP contribution is 2.15. The van der Waals surface area contributed by atoms with Gasteiger partial charge in [-0.05, 0) is 27.7 Å². The minimum Gasteiger partial charge on any atom is -0.444 e. The number of nitrogens with zero attached hydrogens (tertiary/aromatic N) is 2. The van der Waals surface area contributed by atoms with Gasteiger partial charge in [-0.25, -0.2) is 4.98 Å². The fraction of sp³-hybridized carbons (Fsp3) is 0.545. The second-order valence-electron chi connectivity index (χ2n) is 4.54. The van der Waals surface area contributed by atoms with Gasteiger partial charge in [-0.3, -0.25) is 4.79 Å². The van der Waals surface area contributed by atoms with Gasteiger partial charge in [-0.1, -0.05) is 5.16 Å². The van der Waals surface area contributed by atoms with Crippen LogP contribution in [0, 0.1) is 19.3 Å². The van der Waals surface area contributed by atoms with E-state index in [0.717, 1.165) is 11.5 Å². The summed E-state index contributed by atoms with van der Waals surface area (Å²) in [5.41, 5.74) is 5.14. The molecule has 7 heteroatoms. The first kappa shape index (κ1) is 14.0. The first-order chi connectivity index (χ1) is 8.28. The summed E-state index contributed by atoms with van der Waals surface area (Å²) in [5, 5.41) is 14.1. The lowest BCUT2D eigenvalue weighted by molar-refractivity contribution is -0.126. The molecule has 100 valence electrons. The van der Waals surface area contributed by atoms with E-state index in [2.05, 4.69) is 15.5 Å². The van der Waals surface area contributed by atoms with Crippen molar-refractivity contribution >= 4 is 11.7 Å². The van der Waals surface area contributed by atoms with Gasteiger partial charge in [0.15, 0.2) is 5.84 Å². The summed E-state index contributed by atoms with van der Waals surface area (Å²) in [4.78, 5) is 16.0. The topological polar surface area (TPSA) is 114 Å². The average Bonchev–Trinajstić information content (AvgIpc) is 2.64. The number of aromatic nitrogens is 1. The number of rotatable bonds is 4. The first-order valence-corrected chi connectivity index (χ1v) is 5.48. The number of amidine groups is 1. The molecule has 0 bridgehead atoms. The van der Waals surface area contributed by atoms with Crippen molar-refractivity contribution in [3.8, 4) is 0 Å². The molecule has 0 aliphatic carbocycles. The highest BCUT2D eigenvalue weighted by molar-refractivity contribution is 6.05. The predicted octanol–water partition coefficient (Wildman–Crippen LogP) is 0.680. The molecule has 1 aromatic heterocycles. The summed E-state index contributed by atoms with van der Waals surface area (Å²) in [6.07, 6.45) is 0. The number of hydrogen-bond acceptors (Lipinski definition) is 5.